The second kappa shape index (κ2) is 10.1. The predicted octanol–water partition coefficient (Wildman–Crippen LogP) is 2.11. The molecule has 0 aromatic carbocycles. The summed E-state index contributed by atoms with van der Waals surface area (Å²) < 4.78 is 5.32. The van der Waals surface area contributed by atoms with E-state index >= 15 is 0 Å². The molecule has 4 rings (SSSR count). The van der Waals surface area contributed by atoms with Crippen LogP contribution in [0.5, 0.6) is 0 Å². The average Bonchev–Trinajstić information content (AvgIpc) is 2.99. The number of nitrogens with one attached hydrogen (secondary N) is 2. The summed E-state index contributed by atoms with van der Waals surface area (Å²) in [4.78, 5) is 17.3. The van der Waals surface area contributed by atoms with E-state index in [0.29, 0.717) is 24.7 Å². The maximum atomic E-state index is 5.32. The fourth-order valence-corrected chi connectivity index (χ4v) is 2.88. The molecule has 0 aliphatic carbocycles. The first kappa shape index (κ1) is 21.0. The topological polar surface area (TPSA) is 102 Å². The van der Waals surface area contributed by atoms with Crippen molar-refractivity contribution in [2.45, 2.75) is 19.3 Å². The largest absolute Gasteiger partial charge is 0.369 e. The van der Waals surface area contributed by atoms with E-state index in [1.165, 1.54) is 5.56 Å². The molecule has 0 amide bonds. The molecule has 2 N–H and O–H groups in total. The van der Waals surface area contributed by atoms with E-state index in [1.54, 1.807) is 18.7 Å². The number of fused-ring (bicyclic) bond motifs is 1. The third-order valence-corrected chi connectivity index (χ3v) is 4.14. The third kappa shape index (κ3) is 5.12. The highest BCUT2D eigenvalue weighted by molar-refractivity contribution is 5.85. The summed E-state index contributed by atoms with van der Waals surface area (Å²) in [7, 11) is 0. The van der Waals surface area contributed by atoms with Crippen molar-refractivity contribution in [2.24, 2.45) is 0 Å². The molecular formula is C17H21Cl2N7O. The summed E-state index contributed by atoms with van der Waals surface area (Å²) in [5.74, 6) is 2.05. The summed E-state index contributed by atoms with van der Waals surface area (Å²) in [6.45, 7) is 2.58. The van der Waals surface area contributed by atoms with Crippen molar-refractivity contribution in [3.8, 4) is 11.4 Å². The van der Waals surface area contributed by atoms with Crippen molar-refractivity contribution in [1.29, 1.82) is 0 Å². The van der Waals surface area contributed by atoms with Crippen molar-refractivity contribution in [1.82, 2.24) is 30.4 Å². The van der Waals surface area contributed by atoms with Crippen LogP contribution < -0.4 is 10.6 Å². The van der Waals surface area contributed by atoms with Gasteiger partial charge in [0, 0.05) is 49.5 Å². The highest BCUT2D eigenvalue weighted by Gasteiger charge is 2.14. The molecule has 0 saturated heterocycles. The Kier molecular flexibility index (Phi) is 7.90. The van der Waals surface area contributed by atoms with Crippen molar-refractivity contribution in [3.05, 3.63) is 48.0 Å². The van der Waals surface area contributed by atoms with Gasteiger partial charge in [-0.05, 0) is 25.1 Å². The molecule has 8 nitrogen and oxygen atoms in total. The Morgan fingerprint density at radius 3 is 2.89 bits per heavy atom. The zero-order valence-electron chi connectivity index (χ0n) is 14.6. The number of rotatable bonds is 5. The predicted molar refractivity (Wildman–Crippen MR) is 107 cm³/mol. The Balaban J connectivity index is 0.00000131. The van der Waals surface area contributed by atoms with Crippen LogP contribution in [0, 0.1) is 0 Å². The minimum atomic E-state index is 0. The molecule has 10 heteroatoms. The second-order valence-corrected chi connectivity index (χ2v) is 5.83. The number of halogens is 2. The van der Waals surface area contributed by atoms with Gasteiger partial charge in [0.1, 0.15) is 12.1 Å². The van der Waals surface area contributed by atoms with Crippen molar-refractivity contribution in [2.75, 3.05) is 25.0 Å². The molecule has 0 fully saturated rings. The van der Waals surface area contributed by atoms with Crippen molar-refractivity contribution < 1.29 is 4.52 Å². The zero-order chi connectivity index (χ0) is 16.9. The lowest BCUT2D eigenvalue weighted by Crippen LogP contribution is -2.16. The van der Waals surface area contributed by atoms with Crippen LogP contribution >= 0.6 is 24.8 Å². The van der Waals surface area contributed by atoms with E-state index in [2.05, 4.69) is 35.7 Å². The molecule has 27 heavy (non-hydrogen) atoms. The molecule has 4 heterocycles. The number of anilines is 1. The molecule has 3 aromatic rings. The smallest absolute Gasteiger partial charge is 0.228 e. The molecule has 144 valence electrons. The third-order valence-electron chi connectivity index (χ3n) is 4.14. The summed E-state index contributed by atoms with van der Waals surface area (Å²) >= 11 is 0. The minimum absolute atomic E-state index is 0. The molecule has 1 aliphatic heterocycles. The van der Waals surface area contributed by atoms with Crippen LogP contribution in [0.25, 0.3) is 11.4 Å². The van der Waals surface area contributed by atoms with Crippen LogP contribution in [0.15, 0.2) is 35.4 Å². The lowest BCUT2D eigenvalue weighted by atomic mass is 10.1. The first-order valence-electron chi connectivity index (χ1n) is 8.40. The highest BCUT2D eigenvalue weighted by atomic mass is 35.5. The maximum absolute atomic E-state index is 5.32. The number of hydrogen-bond donors (Lipinski definition) is 2. The second-order valence-electron chi connectivity index (χ2n) is 5.83. The van der Waals surface area contributed by atoms with Gasteiger partial charge >= 0.3 is 0 Å². The Hall–Kier alpha value is -2.29. The summed E-state index contributed by atoms with van der Waals surface area (Å²) in [5, 5.41) is 10.8. The van der Waals surface area contributed by atoms with E-state index in [1.807, 2.05) is 12.1 Å². The SMILES string of the molecule is Cl.Cl.c1cncc(-c2noc(CCNc3ncnc4c3CCNCC4)n2)c1. The molecule has 0 atom stereocenters. The van der Waals surface area contributed by atoms with Gasteiger partial charge in [-0.3, -0.25) is 4.98 Å². The van der Waals surface area contributed by atoms with Crippen LogP contribution in [0.2, 0.25) is 0 Å². The van der Waals surface area contributed by atoms with Gasteiger partial charge in [0.25, 0.3) is 0 Å². The Labute approximate surface area is 169 Å². The summed E-state index contributed by atoms with van der Waals surface area (Å²) in [5.41, 5.74) is 3.17. The monoisotopic (exact) mass is 409 g/mol. The van der Waals surface area contributed by atoms with Gasteiger partial charge in [0.15, 0.2) is 0 Å². The maximum Gasteiger partial charge on any atom is 0.228 e. The van der Waals surface area contributed by atoms with Gasteiger partial charge in [-0.15, -0.1) is 24.8 Å². The number of aromatic nitrogens is 5. The quantitative estimate of drug-likeness (QED) is 0.660. The lowest BCUT2D eigenvalue weighted by molar-refractivity contribution is 0.381. The van der Waals surface area contributed by atoms with Crippen LogP contribution in [-0.2, 0) is 19.3 Å². The number of pyridine rings is 1. The van der Waals surface area contributed by atoms with Crippen LogP contribution in [-0.4, -0.2) is 44.7 Å². The van der Waals surface area contributed by atoms with Crippen molar-refractivity contribution in [3.63, 3.8) is 0 Å². The number of hydrogen-bond acceptors (Lipinski definition) is 8. The Bertz CT molecular complexity index is 844. The van der Waals surface area contributed by atoms with E-state index in [4.69, 9.17) is 4.52 Å². The van der Waals surface area contributed by atoms with Gasteiger partial charge in [-0.25, -0.2) is 9.97 Å². The van der Waals surface area contributed by atoms with Gasteiger partial charge in [-0.1, -0.05) is 5.16 Å². The minimum Gasteiger partial charge on any atom is -0.369 e. The summed E-state index contributed by atoms with van der Waals surface area (Å²) in [6, 6.07) is 3.76. The van der Waals surface area contributed by atoms with E-state index in [-0.39, 0.29) is 24.8 Å². The lowest BCUT2D eigenvalue weighted by Gasteiger charge is -2.11. The van der Waals surface area contributed by atoms with Crippen molar-refractivity contribution >= 4 is 30.6 Å². The number of nitrogens with zero attached hydrogens (tertiary/aromatic N) is 5. The van der Waals surface area contributed by atoms with Crippen LogP contribution in [0.3, 0.4) is 0 Å². The van der Waals surface area contributed by atoms with Crippen LogP contribution in [0.1, 0.15) is 17.1 Å². The standard InChI is InChI=1S/C17H19N7O.2ClH/c1-2-12(10-19-6-1)16-23-15(25-24-16)5-9-20-17-13-3-7-18-8-4-14(13)21-11-22-17;;/h1-2,6,10-11,18H,3-5,7-9H2,(H,20,21,22);2*1H. The fraction of sp³-hybridized carbons (Fsp3) is 0.353. The summed E-state index contributed by atoms with van der Waals surface area (Å²) in [6.07, 6.45) is 7.56. The van der Waals surface area contributed by atoms with Gasteiger partial charge in [-0.2, -0.15) is 4.98 Å². The highest BCUT2D eigenvalue weighted by Crippen LogP contribution is 2.18. The van der Waals surface area contributed by atoms with Gasteiger partial charge in [0.05, 0.1) is 5.69 Å². The normalized spacial score (nSPS) is 12.9. The molecule has 3 aromatic heterocycles. The van der Waals surface area contributed by atoms with E-state index < -0.39 is 0 Å². The Morgan fingerprint density at radius 2 is 2.04 bits per heavy atom. The van der Waals surface area contributed by atoms with Gasteiger partial charge in [0.2, 0.25) is 11.7 Å². The Morgan fingerprint density at radius 1 is 1.15 bits per heavy atom. The fourth-order valence-electron chi connectivity index (χ4n) is 2.88. The van der Waals surface area contributed by atoms with Crippen LogP contribution in [0.4, 0.5) is 5.82 Å². The molecule has 0 radical (unpaired) electrons. The molecule has 0 saturated carbocycles. The molecule has 0 spiro atoms. The van der Waals surface area contributed by atoms with Gasteiger partial charge < -0.3 is 15.2 Å². The molecular weight excluding hydrogens is 389 g/mol. The molecule has 0 unspecified atom stereocenters. The first-order valence-corrected chi connectivity index (χ1v) is 8.40. The molecule has 0 bridgehead atoms. The first-order chi connectivity index (χ1) is 12.4. The van der Waals surface area contributed by atoms with E-state index in [9.17, 15) is 0 Å². The van der Waals surface area contributed by atoms with E-state index in [0.717, 1.165) is 43.0 Å². The molecule has 1 aliphatic rings. The average molecular weight is 410 g/mol. The zero-order valence-corrected chi connectivity index (χ0v) is 16.2.